The lowest BCUT2D eigenvalue weighted by atomic mass is 9.95. The number of methoxy groups -OCH3 is 1. The molecule has 0 atom stereocenters. The first-order valence-electron chi connectivity index (χ1n) is 5.61. The molecule has 1 fully saturated rings. The molecule has 1 aliphatic carbocycles. The molecule has 77 valence electrons. The second-order valence-electron chi connectivity index (χ2n) is 4.70. The molecular weight excluding hydrogens is 160 g/mol. The van der Waals surface area contributed by atoms with Gasteiger partial charge in [-0.2, -0.15) is 0 Å². The molecule has 1 nitrogen and oxygen atoms in total. The fourth-order valence-corrected chi connectivity index (χ4v) is 2.24. The molecule has 13 heavy (non-hydrogen) atoms. The van der Waals surface area contributed by atoms with Crippen molar-refractivity contribution in [1.82, 2.24) is 0 Å². The van der Waals surface area contributed by atoms with Crippen molar-refractivity contribution in [3.8, 4) is 0 Å². The molecular formula is C12H23O. The Kier molecular flexibility index (Phi) is 4.79. The molecule has 0 aromatic rings. The minimum absolute atomic E-state index is 0.733. The van der Waals surface area contributed by atoms with Crippen LogP contribution in [0.1, 0.15) is 52.4 Å². The average Bonchev–Trinajstić information content (AvgIpc) is 2.55. The molecule has 1 aliphatic rings. The molecule has 0 aromatic carbocycles. The van der Waals surface area contributed by atoms with Gasteiger partial charge < -0.3 is 4.74 Å². The third kappa shape index (κ3) is 4.12. The maximum Gasteiger partial charge on any atom is 0.0972 e. The molecule has 1 rings (SSSR count). The van der Waals surface area contributed by atoms with Crippen molar-refractivity contribution in [2.75, 3.05) is 7.11 Å². The van der Waals surface area contributed by atoms with E-state index in [0.29, 0.717) is 0 Å². The van der Waals surface area contributed by atoms with Crippen molar-refractivity contribution in [2.24, 2.45) is 11.8 Å². The minimum atomic E-state index is 0.733. The smallest absolute Gasteiger partial charge is 0.0972 e. The highest BCUT2D eigenvalue weighted by Gasteiger charge is 2.21. The Morgan fingerprint density at radius 2 is 1.92 bits per heavy atom. The second kappa shape index (κ2) is 5.64. The van der Waals surface area contributed by atoms with Gasteiger partial charge in [-0.05, 0) is 24.7 Å². The van der Waals surface area contributed by atoms with Gasteiger partial charge in [0.15, 0.2) is 0 Å². The van der Waals surface area contributed by atoms with Crippen LogP contribution >= 0.6 is 0 Å². The maximum atomic E-state index is 5.44. The quantitative estimate of drug-likeness (QED) is 0.630. The van der Waals surface area contributed by atoms with Crippen LogP contribution in [0.5, 0.6) is 0 Å². The van der Waals surface area contributed by atoms with E-state index in [0.717, 1.165) is 18.3 Å². The van der Waals surface area contributed by atoms with Crippen molar-refractivity contribution >= 4 is 0 Å². The maximum absolute atomic E-state index is 5.44. The van der Waals surface area contributed by atoms with Gasteiger partial charge in [-0.25, -0.2) is 0 Å². The topological polar surface area (TPSA) is 9.23 Å². The van der Waals surface area contributed by atoms with Gasteiger partial charge in [-0.3, -0.25) is 0 Å². The number of ether oxygens (including phenoxy) is 1. The molecule has 0 aromatic heterocycles. The van der Waals surface area contributed by atoms with E-state index in [4.69, 9.17) is 4.74 Å². The predicted molar refractivity (Wildman–Crippen MR) is 56.3 cm³/mol. The van der Waals surface area contributed by atoms with Gasteiger partial charge in [0.05, 0.1) is 6.10 Å². The summed E-state index contributed by atoms with van der Waals surface area (Å²) < 4.78 is 5.44. The van der Waals surface area contributed by atoms with E-state index in [-0.39, 0.29) is 0 Å². The van der Waals surface area contributed by atoms with Gasteiger partial charge >= 0.3 is 0 Å². The molecule has 0 bridgehead atoms. The standard InChI is InChI=1S/C12H23O/c1-10(2)8-12(13-3)9-11-6-4-5-7-11/h10-11H,4-9H2,1-3H3. The van der Waals surface area contributed by atoms with E-state index < -0.39 is 0 Å². The van der Waals surface area contributed by atoms with E-state index in [1.807, 2.05) is 7.11 Å². The molecule has 0 saturated heterocycles. The van der Waals surface area contributed by atoms with Gasteiger partial charge in [-0.1, -0.05) is 39.5 Å². The van der Waals surface area contributed by atoms with Crippen LogP contribution in [0.4, 0.5) is 0 Å². The van der Waals surface area contributed by atoms with Crippen molar-refractivity contribution in [3.63, 3.8) is 0 Å². The molecule has 0 N–H and O–H groups in total. The average molecular weight is 183 g/mol. The normalized spacial score (nSPS) is 19.2. The lowest BCUT2D eigenvalue weighted by Gasteiger charge is -2.19. The summed E-state index contributed by atoms with van der Waals surface area (Å²) in [5, 5.41) is 0. The van der Waals surface area contributed by atoms with Crippen molar-refractivity contribution < 1.29 is 4.74 Å². The van der Waals surface area contributed by atoms with E-state index in [1.54, 1.807) is 0 Å². The summed E-state index contributed by atoms with van der Waals surface area (Å²) in [5.74, 6) is 1.66. The SMILES string of the molecule is CO[C](CC(C)C)CC1CCCC1. The van der Waals surface area contributed by atoms with Crippen LogP contribution in [0, 0.1) is 17.9 Å². The van der Waals surface area contributed by atoms with Gasteiger partial charge in [0.1, 0.15) is 0 Å². The van der Waals surface area contributed by atoms with Crippen molar-refractivity contribution in [2.45, 2.75) is 52.4 Å². The number of hydrogen-bond acceptors (Lipinski definition) is 1. The highest BCUT2D eigenvalue weighted by molar-refractivity contribution is 4.84. The zero-order valence-electron chi connectivity index (χ0n) is 9.31. The van der Waals surface area contributed by atoms with Crippen LogP contribution in [0.15, 0.2) is 0 Å². The van der Waals surface area contributed by atoms with Gasteiger partial charge in [0, 0.05) is 7.11 Å². The van der Waals surface area contributed by atoms with E-state index >= 15 is 0 Å². The molecule has 1 saturated carbocycles. The van der Waals surface area contributed by atoms with E-state index in [9.17, 15) is 0 Å². The fourth-order valence-electron chi connectivity index (χ4n) is 2.24. The second-order valence-corrected chi connectivity index (χ2v) is 4.70. The first kappa shape index (κ1) is 11.0. The highest BCUT2D eigenvalue weighted by atomic mass is 16.5. The number of hydrogen-bond donors (Lipinski definition) is 0. The minimum Gasteiger partial charge on any atom is -0.375 e. The van der Waals surface area contributed by atoms with Crippen molar-refractivity contribution in [1.29, 1.82) is 0 Å². The van der Waals surface area contributed by atoms with Crippen LogP contribution in [-0.4, -0.2) is 7.11 Å². The molecule has 0 aliphatic heterocycles. The Morgan fingerprint density at radius 1 is 1.31 bits per heavy atom. The Morgan fingerprint density at radius 3 is 2.38 bits per heavy atom. The molecule has 0 spiro atoms. The Labute approximate surface area is 82.9 Å². The summed E-state index contributed by atoms with van der Waals surface area (Å²) in [6.45, 7) is 4.52. The summed E-state index contributed by atoms with van der Waals surface area (Å²) in [7, 11) is 1.83. The lowest BCUT2D eigenvalue weighted by molar-refractivity contribution is 0.158. The van der Waals surface area contributed by atoms with Crippen LogP contribution in [0.2, 0.25) is 0 Å². The zero-order valence-corrected chi connectivity index (χ0v) is 9.31. The Bertz CT molecular complexity index is 125. The highest BCUT2D eigenvalue weighted by Crippen LogP contribution is 2.33. The van der Waals surface area contributed by atoms with Gasteiger partial charge in [-0.15, -0.1) is 0 Å². The third-order valence-electron chi connectivity index (χ3n) is 2.92. The van der Waals surface area contributed by atoms with Crippen LogP contribution in [-0.2, 0) is 4.74 Å². The molecule has 0 heterocycles. The van der Waals surface area contributed by atoms with Gasteiger partial charge in [0.2, 0.25) is 0 Å². The largest absolute Gasteiger partial charge is 0.375 e. The molecule has 0 unspecified atom stereocenters. The Hall–Kier alpha value is -0.0400. The zero-order chi connectivity index (χ0) is 9.68. The monoisotopic (exact) mass is 183 g/mol. The van der Waals surface area contributed by atoms with Crippen LogP contribution in [0.25, 0.3) is 0 Å². The van der Waals surface area contributed by atoms with Crippen LogP contribution < -0.4 is 0 Å². The first-order valence-corrected chi connectivity index (χ1v) is 5.61. The molecule has 1 radical (unpaired) electrons. The summed E-state index contributed by atoms with van der Waals surface area (Å²) in [5.41, 5.74) is 0. The summed E-state index contributed by atoms with van der Waals surface area (Å²) >= 11 is 0. The van der Waals surface area contributed by atoms with Crippen molar-refractivity contribution in [3.05, 3.63) is 6.10 Å². The van der Waals surface area contributed by atoms with E-state index in [1.165, 1.54) is 38.2 Å². The first-order chi connectivity index (χ1) is 6.22. The summed E-state index contributed by atoms with van der Waals surface area (Å²) in [6, 6.07) is 0. The molecule has 1 heteroatoms. The molecule has 0 amide bonds. The Balaban J connectivity index is 2.21. The number of rotatable bonds is 5. The summed E-state index contributed by atoms with van der Waals surface area (Å²) in [4.78, 5) is 0. The lowest BCUT2D eigenvalue weighted by Crippen LogP contribution is -2.09. The predicted octanol–water partition coefficient (Wildman–Crippen LogP) is 3.79. The van der Waals surface area contributed by atoms with E-state index in [2.05, 4.69) is 13.8 Å². The van der Waals surface area contributed by atoms with Crippen LogP contribution in [0.3, 0.4) is 0 Å². The fraction of sp³-hybridized carbons (Fsp3) is 0.917. The summed E-state index contributed by atoms with van der Waals surface area (Å²) in [6.07, 6.45) is 9.39. The third-order valence-corrected chi connectivity index (χ3v) is 2.92. The van der Waals surface area contributed by atoms with Gasteiger partial charge in [0.25, 0.3) is 0 Å².